The number of hydrogen-bond donors (Lipinski definition) is 0. The summed E-state index contributed by atoms with van der Waals surface area (Å²) in [6, 6.07) is 19.2. The zero-order valence-corrected chi connectivity index (χ0v) is 11.4. The maximum atomic E-state index is 12.9. The first-order valence-corrected chi connectivity index (χ1v) is 7.01. The minimum atomic E-state index is -0.258. The minimum Gasteiger partial charge on any atom is -0.288 e. The SMILES string of the molecule is O=C(c1ccccc1)c1ccc(-c2ccc(F)cc2)s1. The van der Waals surface area contributed by atoms with Crippen LogP contribution in [0.15, 0.2) is 66.7 Å². The second-order valence-electron chi connectivity index (χ2n) is 4.37. The van der Waals surface area contributed by atoms with Gasteiger partial charge in [-0.05, 0) is 29.8 Å². The molecule has 0 atom stereocenters. The zero-order valence-electron chi connectivity index (χ0n) is 10.5. The fourth-order valence-electron chi connectivity index (χ4n) is 1.96. The van der Waals surface area contributed by atoms with E-state index in [0.29, 0.717) is 10.4 Å². The quantitative estimate of drug-likeness (QED) is 0.631. The molecule has 2 aromatic carbocycles. The van der Waals surface area contributed by atoms with Gasteiger partial charge in [0.2, 0.25) is 5.78 Å². The smallest absolute Gasteiger partial charge is 0.202 e. The zero-order chi connectivity index (χ0) is 13.9. The maximum absolute atomic E-state index is 12.9. The molecule has 0 saturated carbocycles. The molecule has 0 aliphatic rings. The monoisotopic (exact) mass is 282 g/mol. The Labute approximate surface area is 120 Å². The van der Waals surface area contributed by atoms with Gasteiger partial charge < -0.3 is 0 Å². The van der Waals surface area contributed by atoms with Crippen LogP contribution in [0, 0.1) is 5.82 Å². The van der Waals surface area contributed by atoms with Crippen molar-refractivity contribution in [1.29, 1.82) is 0 Å². The van der Waals surface area contributed by atoms with E-state index in [9.17, 15) is 9.18 Å². The molecule has 0 N–H and O–H groups in total. The Morgan fingerprint density at radius 1 is 0.850 bits per heavy atom. The molecule has 0 unspecified atom stereocenters. The van der Waals surface area contributed by atoms with Crippen LogP contribution in [-0.2, 0) is 0 Å². The summed E-state index contributed by atoms with van der Waals surface area (Å²) in [5.74, 6) is -0.241. The normalized spacial score (nSPS) is 10.4. The Bertz CT molecular complexity index is 729. The number of benzene rings is 2. The maximum Gasteiger partial charge on any atom is 0.202 e. The van der Waals surface area contributed by atoms with Crippen LogP contribution in [0.25, 0.3) is 10.4 Å². The average molecular weight is 282 g/mol. The number of halogens is 1. The molecule has 0 aliphatic carbocycles. The Hall–Kier alpha value is -2.26. The first-order chi connectivity index (χ1) is 9.74. The van der Waals surface area contributed by atoms with Crippen molar-refractivity contribution in [3.05, 3.63) is 83.0 Å². The van der Waals surface area contributed by atoms with Gasteiger partial charge in [0.1, 0.15) is 5.82 Å². The lowest BCUT2D eigenvalue weighted by Crippen LogP contribution is -1.97. The fourth-order valence-corrected chi connectivity index (χ4v) is 2.93. The van der Waals surface area contributed by atoms with Crippen molar-refractivity contribution in [2.45, 2.75) is 0 Å². The summed E-state index contributed by atoms with van der Waals surface area (Å²) in [5.41, 5.74) is 1.60. The highest BCUT2D eigenvalue weighted by molar-refractivity contribution is 7.17. The molecule has 0 amide bonds. The van der Waals surface area contributed by atoms with Crippen LogP contribution in [0.4, 0.5) is 4.39 Å². The van der Waals surface area contributed by atoms with Gasteiger partial charge >= 0.3 is 0 Å². The molecule has 0 spiro atoms. The molecule has 98 valence electrons. The number of rotatable bonds is 3. The Balaban J connectivity index is 1.91. The van der Waals surface area contributed by atoms with Crippen LogP contribution in [0.5, 0.6) is 0 Å². The van der Waals surface area contributed by atoms with Gasteiger partial charge in [-0.25, -0.2) is 4.39 Å². The first-order valence-electron chi connectivity index (χ1n) is 6.19. The van der Waals surface area contributed by atoms with Gasteiger partial charge in [-0.2, -0.15) is 0 Å². The van der Waals surface area contributed by atoms with Crippen LogP contribution < -0.4 is 0 Å². The number of carbonyl (C=O) groups is 1. The van der Waals surface area contributed by atoms with Gasteiger partial charge in [0.05, 0.1) is 4.88 Å². The molecule has 1 aromatic heterocycles. The van der Waals surface area contributed by atoms with Crippen molar-refractivity contribution in [3.63, 3.8) is 0 Å². The topological polar surface area (TPSA) is 17.1 Å². The summed E-state index contributed by atoms with van der Waals surface area (Å²) in [7, 11) is 0. The minimum absolute atomic E-state index is 0.0176. The molecule has 0 radical (unpaired) electrons. The molecule has 0 bridgehead atoms. The van der Waals surface area contributed by atoms with E-state index in [2.05, 4.69) is 0 Å². The molecule has 3 rings (SSSR count). The summed E-state index contributed by atoms with van der Waals surface area (Å²) in [6.45, 7) is 0. The van der Waals surface area contributed by atoms with Crippen LogP contribution >= 0.6 is 11.3 Å². The predicted molar refractivity (Wildman–Crippen MR) is 79.6 cm³/mol. The molecular formula is C17H11FOS. The van der Waals surface area contributed by atoms with E-state index in [4.69, 9.17) is 0 Å². The van der Waals surface area contributed by atoms with E-state index in [1.807, 2.05) is 30.3 Å². The standard InChI is InChI=1S/C17H11FOS/c18-14-8-6-12(7-9-14)15-10-11-16(20-15)17(19)13-4-2-1-3-5-13/h1-11H. The van der Waals surface area contributed by atoms with Crippen LogP contribution in [-0.4, -0.2) is 5.78 Å². The summed E-state index contributed by atoms with van der Waals surface area (Å²) in [6.07, 6.45) is 0. The Kier molecular flexibility index (Phi) is 3.44. The second kappa shape index (κ2) is 5.39. The lowest BCUT2D eigenvalue weighted by Gasteiger charge is -1.98. The second-order valence-corrected chi connectivity index (χ2v) is 5.45. The van der Waals surface area contributed by atoms with Crippen molar-refractivity contribution < 1.29 is 9.18 Å². The van der Waals surface area contributed by atoms with Crippen molar-refractivity contribution in [2.75, 3.05) is 0 Å². The highest BCUT2D eigenvalue weighted by Crippen LogP contribution is 2.29. The third kappa shape index (κ3) is 2.53. The molecule has 20 heavy (non-hydrogen) atoms. The van der Waals surface area contributed by atoms with Gasteiger partial charge in [-0.15, -0.1) is 11.3 Å². The largest absolute Gasteiger partial charge is 0.288 e. The summed E-state index contributed by atoms with van der Waals surface area (Å²) < 4.78 is 12.9. The molecule has 3 aromatic rings. The van der Waals surface area contributed by atoms with Crippen molar-refractivity contribution in [1.82, 2.24) is 0 Å². The van der Waals surface area contributed by atoms with Crippen LogP contribution in [0.3, 0.4) is 0 Å². The number of hydrogen-bond acceptors (Lipinski definition) is 2. The van der Waals surface area contributed by atoms with Gasteiger partial charge in [-0.3, -0.25) is 4.79 Å². The molecule has 1 heterocycles. The highest BCUT2D eigenvalue weighted by Gasteiger charge is 2.12. The summed E-state index contributed by atoms with van der Waals surface area (Å²) in [4.78, 5) is 13.9. The van der Waals surface area contributed by atoms with Crippen molar-refractivity contribution in [3.8, 4) is 10.4 Å². The van der Waals surface area contributed by atoms with Gasteiger partial charge in [0.25, 0.3) is 0 Å². The molecular weight excluding hydrogens is 271 g/mol. The molecule has 0 saturated heterocycles. The number of thiophene rings is 1. The lowest BCUT2D eigenvalue weighted by molar-refractivity contribution is 0.104. The van der Waals surface area contributed by atoms with Crippen LogP contribution in [0.2, 0.25) is 0 Å². The molecule has 0 aliphatic heterocycles. The van der Waals surface area contributed by atoms with Crippen molar-refractivity contribution in [2.24, 2.45) is 0 Å². The van der Waals surface area contributed by atoms with E-state index in [1.54, 1.807) is 24.3 Å². The first kappa shape index (κ1) is 12.8. The van der Waals surface area contributed by atoms with Crippen LogP contribution in [0.1, 0.15) is 15.2 Å². The predicted octanol–water partition coefficient (Wildman–Crippen LogP) is 4.79. The summed E-state index contributed by atoms with van der Waals surface area (Å²) >= 11 is 1.42. The molecule has 3 heteroatoms. The van der Waals surface area contributed by atoms with E-state index >= 15 is 0 Å². The van der Waals surface area contributed by atoms with Crippen molar-refractivity contribution >= 4 is 17.1 Å². The molecule has 1 nitrogen and oxygen atoms in total. The third-order valence-electron chi connectivity index (χ3n) is 2.99. The Morgan fingerprint density at radius 2 is 1.55 bits per heavy atom. The van der Waals surface area contributed by atoms with E-state index in [1.165, 1.54) is 23.5 Å². The molecule has 0 fully saturated rings. The van der Waals surface area contributed by atoms with E-state index in [0.717, 1.165) is 10.4 Å². The fraction of sp³-hybridized carbons (Fsp3) is 0. The number of ketones is 1. The Morgan fingerprint density at radius 3 is 2.25 bits per heavy atom. The van der Waals surface area contributed by atoms with E-state index < -0.39 is 0 Å². The van der Waals surface area contributed by atoms with Gasteiger partial charge in [0, 0.05) is 10.4 Å². The van der Waals surface area contributed by atoms with Gasteiger partial charge in [-0.1, -0.05) is 42.5 Å². The highest BCUT2D eigenvalue weighted by atomic mass is 32.1. The van der Waals surface area contributed by atoms with Gasteiger partial charge in [0.15, 0.2) is 0 Å². The average Bonchev–Trinajstić information content (AvgIpc) is 2.98. The third-order valence-corrected chi connectivity index (χ3v) is 4.13. The summed E-state index contributed by atoms with van der Waals surface area (Å²) in [5, 5.41) is 0. The lowest BCUT2D eigenvalue weighted by atomic mass is 10.1. The number of carbonyl (C=O) groups excluding carboxylic acids is 1. The van der Waals surface area contributed by atoms with E-state index in [-0.39, 0.29) is 11.6 Å².